The van der Waals surface area contributed by atoms with Crippen LogP contribution in [0.5, 0.6) is 11.5 Å². The Labute approximate surface area is 195 Å². The molecule has 168 valence electrons. The molecule has 0 saturated heterocycles. The number of alkyl halides is 2. The minimum atomic E-state index is -0.479. The van der Waals surface area contributed by atoms with Crippen molar-refractivity contribution >= 4 is 17.3 Å². The fourth-order valence-corrected chi connectivity index (χ4v) is 7.18. The molecule has 0 radical (unpaired) electrons. The van der Waals surface area contributed by atoms with Crippen molar-refractivity contribution in [3.63, 3.8) is 0 Å². The van der Waals surface area contributed by atoms with Gasteiger partial charge in [-0.05, 0) is 0 Å². The van der Waals surface area contributed by atoms with Gasteiger partial charge in [0.05, 0.1) is 0 Å². The van der Waals surface area contributed by atoms with E-state index in [-0.39, 0.29) is 36.8 Å². The van der Waals surface area contributed by atoms with Gasteiger partial charge in [-0.3, -0.25) is 0 Å². The predicted molar refractivity (Wildman–Crippen MR) is 115 cm³/mol. The standard InChI is InChI=1S/C23H23FIN4O3/c1-12-8-25-15-9-27-23(30)18-20(15)29-19(13-6-7-26-10-17(13)32-11-12)21(18)28-16-5-3-4-14(24)22(16)31-2/h3-7,10,12,15,28-29H,8-9,11H2,1-2H3,(H,27,30)/q-1. The monoisotopic (exact) mass is 549 g/mol. The number of rotatable bonds is 3. The normalized spacial score (nSPS) is 20.0. The third-order valence-corrected chi connectivity index (χ3v) is 9.70. The Morgan fingerprint density at radius 1 is 1.34 bits per heavy atom. The molecule has 2 aromatic heterocycles. The van der Waals surface area contributed by atoms with Crippen molar-refractivity contribution in [3.05, 3.63) is 53.7 Å². The van der Waals surface area contributed by atoms with Crippen LogP contribution in [-0.4, -0.2) is 40.6 Å². The number of aromatic nitrogens is 2. The van der Waals surface area contributed by atoms with Crippen molar-refractivity contribution in [1.82, 2.24) is 15.3 Å². The third-order valence-electron chi connectivity index (χ3n) is 5.56. The van der Waals surface area contributed by atoms with E-state index in [0.29, 0.717) is 41.8 Å². The van der Waals surface area contributed by atoms with Crippen LogP contribution in [0.2, 0.25) is 0 Å². The van der Waals surface area contributed by atoms with E-state index in [1.54, 1.807) is 24.5 Å². The Balaban J connectivity index is 1.73. The molecular weight excluding hydrogens is 526 g/mol. The van der Waals surface area contributed by atoms with E-state index in [2.05, 4.69) is 27.5 Å². The summed E-state index contributed by atoms with van der Waals surface area (Å²) in [6, 6.07) is 6.54. The third kappa shape index (κ3) is 3.68. The van der Waals surface area contributed by atoms with Crippen molar-refractivity contribution in [2.24, 2.45) is 5.92 Å². The zero-order chi connectivity index (χ0) is 22.2. The first-order chi connectivity index (χ1) is 15.6. The number of nitrogens with zero attached hydrogens (tertiary/aromatic N) is 1. The molecule has 2 aliphatic heterocycles. The van der Waals surface area contributed by atoms with Crippen LogP contribution in [0.25, 0.3) is 11.3 Å². The molecule has 3 aromatic rings. The van der Waals surface area contributed by atoms with E-state index < -0.39 is 5.82 Å². The number of aromatic amines is 1. The molecule has 3 N–H and O–H groups in total. The van der Waals surface area contributed by atoms with E-state index >= 15 is 0 Å². The van der Waals surface area contributed by atoms with Gasteiger partial charge in [0, 0.05) is 0 Å². The molecule has 0 fully saturated rings. The van der Waals surface area contributed by atoms with Gasteiger partial charge < -0.3 is 0 Å². The van der Waals surface area contributed by atoms with Crippen LogP contribution < -0.4 is 41.3 Å². The molecule has 9 heteroatoms. The Kier molecular flexibility index (Phi) is 5.66. The Bertz CT molecular complexity index is 1180. The summed E-state index contributed by atoms with van der Waals surface area (Å²) >= 11 is -0.236. The number of fused-ring (bicyclic) bond motifs is 3. The van der Waals surface area contributed by atoms with Crippen LogP contribution >= 0.6 is 0 Å². The first kappa shape index (κ1) is 21.0. The molecule has 2 bridgehead atoms. The van der Waals surface area contributed by atoms with Gasteiger partial charge >= 0.3 is 196 Å². The topological polar surface area (TPSA) is 88.3 Å². The Hall–Kier alpha value is -2.82. The zero-order valence-corrected chi connectivity index (χ0v) is 19.8. The van der Waals surface area contributed by atoms with Gasteiger partial charge in [0.15, 0.2) is 0 Å². The molecule has 2 atom stereocenters. The molecule has 4 heterocycles. The van der Waals surface area contributed by atoms with E-state index in [1.165, 1.54) is 13.2 Å². The van der Waals surface area contributed by atoms with Crippen LogP contribution in [0.1, 0.15) is 26.9 Å². The van der Waals surface area contributed by atoms with Gasteiger partial charge in [0.2, 0.25) is 0 Å². The summed E-state index contributed by atoms with van der Waals surface area (Å²) in [7, 11) is 1.42. The molecule has 0 saturated carbocycles. The van der Waals surface area contributed by atoms with Gasteiger partial charge in [-0.2, -0.15) is 0 Å². The van der Waals surface area contributed by atoms with Crippen molar-refractivity contribution in [3.8, 4) is 22.8 Å². The number of amides is 1. The summed E-state index contributed by atoms with van der Waals surface area (Å²) in [6.07, 6.45) is 3.39. The molecule has 1 amide bonds. The van der Waals surface area contributed by atoms with Crippen molar-refractivity contribution in [1.29, 1.82) is 0 Å². The first-order valence-electron chi connectivity index (χ1n) is 10.3. The maximum atomic E-state index is 14.4. The number of halogens is 2. The molecule has 0 aliphatic carbocycles. The van der Waals surface area contributed by atoms with Gasteiger partial charge in [-0.15, -0.1) is 0 Å². The number of benzene rings is 1. The molecular formula is C23H23FIN4O3-. The van der Waals surface area contributed by atoms with Gasteiger partial charge in [-0.1, -0.05) is 0 Å². The second kappa shape index (κ2) is 8.61. The van der Waals surface area contributed by atoms with Crippen LogP contribution in [-0.2, 0) is 0 Å². The van der Waals surface area contributed by atoms with Crippen LogP contribution in [0.4, 0.5) is 15.8 Å². The second-order valence-corrected chi connectivity index (χ2v) is 11.1. The van der Waals surface area contributed by atoms with Crippen LogP contribution in [0.15, 0.2) is 36.7 Å². The predicted octanol–water partition coefficient (Wildman–Crippen LogP) is 0.870. The molecule has 2 unspecified atom stereocenters. The van der Waals surface area contributed by atoms with E-state index in [0.717, 1.165) is 21.4 Å². The van der Waals surface area contributed by atoms with Crippen molar-refractivity contribution in [2.75, 3.05) is 30.0 Å². The first-order valence-corrected chi connectivity index (χ1v) is 13.1. The molecule has 5 rings (SSSR count). The van der Waals surface area contributed by atoms with Gasteiger partial charge in [0.25, 0.3) is 0 Å². The zero-order valence-electron chi connectivity index (χ0n) is 17.7. The molecule has 7 nitrogen and oxygen atoms in total. The van der Waals surface area contributed by atoms with E-state index in [4.69, 9.17) is 9.47 Å². The number of pyridine rings is 1. The van der Waals surface area contributed by atoms with E-state index in [9.17, 15) is 9.18 Å². The molecule has 2 aliphatic rings. The maximum absolute atomic E-state index is 14.4. The number of carbonyl (C=O) groups excluding carboxylic acids is 1. The fourth-order valence-electron chi connectivity index (χ4n) is 4.01. The number of anilines is 2. The van der Waals surface area contributed by atoms with Gasteiger partial charge in [-0.25, -0.2) is 0 Å². The molecule has 0 spiro atoms. The summed E-state index contributed by atoms with van der Waals surface area (Å²) in [5, 5.41) is 6.35. The van der Waals surface area contributed by atoms with Crippen molar-refractivity contribution in [2.45, 2.75) is 10.8 Å². The van der Waals surface area contributed by atoms with E-state index in [1.807, 2.05) is 6.07 Å². The number of ether oxygens (including phenoxy) is 2. The van der Waals surface area contributed by atoms with Crippen LogP contribution in [0, 0.1) is 11.7 Å². The summed E-state index contributed by atoms with van der Waals surface area (Å²) in [5.41, 5.74) is 4.05. The van der Waals surface area contributed by atoms with Crippen LogP contribution in [0.3, 0.4) is 0 Å². The summed E-state index contributed by atoms with van der Waals surface area (Å²) < 4.78 is 27.1. The molecule has 32 heavy (non-hydrogen) atoms. The van der Waals surface area contributed by atoms with Crippen molar-refractivity contribution < 1.29 is 39.9 Å². The average molecular weight is 549 g/mol. The quantitative estimate of drug-likeness (QED) is 0.334. The number of nitrogens with one attached hydrogen (secondary N) is 3. The number of carbonyl (C=O) groups is 1. The van der Waals surface area contributed by atoms with Gasteiger partial charge in [0.1, 0.15) is 0 Å². The summed E-state index contributed by atoms with van der Waals surface area (Å²) in [4.78, 5) is 20.8. The number of methoxy groups -OCH3 is 1. The number of H-pyrrole nitrogens is 1. The Morgan fingerprint density at radius 3 is 3.06 bits per heavy atom. The Morgan fingerprint density at radius 2 is 2.22 bits per heavy atom. The molecule has 1 aromatic carbocycles. The number of para-hydroxylation sites is 1. The summed E-state index contributed by atoms with van der Waals surface area (Å²) in [5.74, 6) is 0.520. The number of hydrogen-bond acceptors (Lipinski definition) is 5. The average Bonchev–Trinajstić information content (AvgIpc) is 3.16. The fraction of sp³-hybridized carbons (Fsp3) is 0.304. The minimum absolute atomic E-state index is 0.0923. The summed E-state index contributed by atoms with van der Waals surface area (Å²) in [6.45, 7) is 3.42. The SMILES string of the molecule is COc1c(F)cccc1Nc1c2[nH]c3c1C(=O)NCC3[I-]CC(C)COc1cnccc1-2. The number of hydrogen-bond donors (Lipinski definition) is 3. The second-order valence-electron chi connectivity index (χ2n) is 7.88.